The summed E-state index contributed by atoms with van der Waals surface area (Å²) in [7, 11) is 0. The molecule has 0 amide bonds. The second kappa shape index (κ2) is 3.25. The minimum atomic E-state index is 1.13. The van der Waals surface area contributed by atoms with Crippen LogP contribution in [0.15, 0.2) is 40.9 Å². The van der Waals surface area contributed by atoms with Gasteiger partial charge in [-0.1, -0.05) is 12.6 Å². The van der Waals surface area contributed by atoms with Gasteiger partial charge in [-0.05, 0) is 39.4 Å². The van der Waals surface area contributed by atoms with E-state index in [0.29, 0.717) is 0 Å². The van der Waals surface area contributed by atoms with E-state index in [9.17, 15) is 0 Å². The molecule has 0 bridgehead atoms. The van der Waals surface area contributed by atoms with E-state index < -0.39 is 0 Å². The van der Waals surface area contributed by atoms with Crippen LogP contribution in [0.2, 0.25) is 0 Å². The van der Waals surface area contributed by atoms with Crippen molar-refractivity contribution in [3.63, 3.8) is 0 Å². The largest absolute Gasteiger partial charge is 0.152 e. The predicted molar refractivity (Wildman–Crippen MR) is 56.8 cm³/mol. The van der Waals surface area contributed by atoms with Gasteiger partial charge in [-0.15, -0.1) is 11.3 Å². The summed E-state index contributed by atoms with van der Waals surface area (Å²) in [6, 6.07) is 6.26. The van der Waals surface area contributed by atoms with Crippen molar-refractivity contribution in [3.8, 4) is 0 Å². The molecule has 0 saturated carbocycles. The number of thiophene rings is 2. The summed E-state index contributed by atoms with van der Waals surface area (Å²) in [6.07, 6.45) is 0. The molecular weight excluding hydrogens is 184 g/mol. The van der Waals surface area contributed by atoms with E-state index in [1.165, 1.54) is 10.4 Å². The third-order valence-corrected chi connectivity index (χ3v) is 3.30. The molecule has 0 aliphatic heterocycles. The number of hydrogen-bond donors (Lipinski definition) is 0. The molecule has 2 aromatic heterocycles. The summed E-state index contributed by atoms with van der Waals surface area (Å²) < 4.78 is 0. The van der Waals surface area contributed by atoms with Gasteiger partial charge in [0.25, 0.3) is 0 Å². The van der Waals surface area contributed by atoms with Gasteiger partial charge in [0.1, 0.15) is 0 Å². The lowest BCUT2D eigenvalue weighted by Gasteiger charge is -1.97. The molecule has 0 nitrogen and oxygen atoms in total. The van der Waals surface area contributed by atoms with Crippen LogP contribution in [-0.4, -0.2) is 0 Å². The van der Waals surface area contributed by atoms with E-state index >= 15 is 0 Å². The Balaban J connectivity index is 2.34. The Kier molecular flexibility index (Phi) is 2.11. The maximum absolute atomic E-state index is 4.06. The van der Waals surface area contributed by atoms with E-state index in [-0.39, 0.29) is 0 Å². The van der Waals surface area contributed by atoms with E-state index in [4.69, 9.17) is 0 Å². The normalized spacial score (nSPS) is 10.0. The van der Waals surface area contributed by atoms with Gasteiger partial charge in [0.05, 0.1) is 0 Å². The highest BCUT2D eigenvalue weighted by molar-refractivity contribution is 7.11. The van der Waals surface area contributed by atoms with Gasteiger partial charge in [0, 0.05) is 4.88 Å². The smallest absolute Gasteiger partial charge is 0.0343 e. The molecular formula is C10H8S2. The highest BCUT2D eigenvalue weighted by Crippen LogP contribution is 2.26. The topological polar surface area (TPSA) is 0 Å². The lowest BCUT2D eigenvalue weighted by molar-refractivity contribution is 1.75. The average Bonchev–Trinajstić information content (AvgIpc) is 2.77. The van der Waals surface area contributed by atoms with Crippen LogP contribution in [0.4, 0.5) is 0 Å². The average molecular weight is 192 g/mol. The van der Waals surface area contributed by atoms with Crippen molar-refractivity contribution in [2.24, 2.45) is 0 Å². The molecule has 12 heavy (non-hydrogen) atoms. The zero-order chi connectivity index (χ0) is 8.39. The first-order valence-electron chi connectivity index (χ1n) is 3.63. The Bertz CT molecular complexity index is 318. The molecule has 0 saturated heterocycles. The summed E-state index contributed by atoms with van der Waals surface area (Å²) in [6.45, 7) is 4.06. The van der Waals surface area contributed by atoms with Crippen molar-refractivity contribution >= 4 is 28.2 Å². The van der Waals surface area contributed by atoms with Gasteiger partial charge in [0.15, 0.2) is 0 Å². The molecule has 0 aliphatic rings. The van der Waals surface area contributed by atoms with Gasteiger partial charge in [-0.25, -0.2) is 0 Å². The molecule has 0 spiro atoms. The lowest BCUT2D eigenvalue weighted by atomic mass is 10.1. The minimum absolute atomic E-state index is 1.13. The van der Waals surface area contributed by atoms with Crippen LogP contribution >= 0.6 is 22.7 Å². The third kappa shape index (κ3) is 1.36. The first kappa shape index (κ1) is 7.77. The molecule has 0 atom stereocenters. The van der Waals surface area contributed by atoms with Crippen molar-refractivity contribution in [1.29, 1.82) is 0 Å². The van der Waals surface area contributed by atoms with E-state index in [2.05, 4.69) is 40.9 Å². The SMILES string of the molecule is C=C(c1ccsc1)c1cccs1. The second-order valence-corrected chi connectivity index (χ2v) is 4.20. The number of hydrogen-bond acceptors (Lipinski definition) is 2. The molecule has 0 fully saturated rings. The molecule has 0 radical (unpaired) electrons. The minimum Gasteiger partial charge on any atom is -0.152 e. The van der Waals surface area contributed by atoms with Gasteiger partial charge >= 0.3 is 0 Å². The van der Waals surface area contributed by atoms with Gasteiger partial charge in [0.2, 0.25) is 0 Å². The summed E-state index contributed by atoms with van der Waals surface area (Å²) in [5.74, 6) is 0. The third-order valence-electron chi connectivity index (χ3n) is 1.69. The highest BCUT2D eigenvalue weighted by Gasteiger charge is 2.02. The van der Waals surface area contributed by atoms with E-state index in [1.807, 2.05) is 0 Å². The summed E-state index contributed by atoms with van der Waals surface area (Å²) in [4.78, 5) is 1.26. The summed E-state index contributed by atoms with van der Waals surface area (Å²) in [5, 5.41) is 6.28. The maximum atomic E-state index is 4.06. The van der Waals surface area contributed by atoms with Crippen LogP contribution in [0.25, 0.3) is 5.57 Å². The highest BCUT2D eigenvalue weighted by atomic mass is 32.1. The Labute approximate surface area is 79.8 Å². The zero-order valence-electron chi connectivity index (χ0n) is 6.49. The van der Waals surface area contributed by atoms with Crippen LogP contribution in [0.3, 0.4) is 0 Å². The molecule has 0 aromatic carbocycles. The van der Waals surface area contributed by atoms with E-state index in [0.717, 1.165) is 5.57 Å². The zero-order valence-corrected chi connectivity index (χ0v) is 8.12. The van der Waals surface area contributed by atoms with Crippen LogP contribution in [0, 0.1) is 0 Å². The van der Waals surface area contributed by atoms with Crippen LogP contribution < -0.4 is 0 Å². The summed E-state index contributed by atoms with van der Waals surface area (Å²) in [5.41, 5.74) is 2.37. The quantitative estimate of drug-likeness (QED) is 0.677. The molecule has 0 N–H and O–H groups in total. The molecule has 2 heterocycles. The monoisotopic (exact) mass is 192 g/mol. The molecule has 60 valence electrons. The fraction of sp³-hybridized carbons (Fsp3) is 0. The fourth-order valence-electron chi connectivity index (χ4n) is 1.03. The summed E-state index contributed by atoms with van der Waals surface area (Å²) >= 11 is 3.44. The molecule has 2 aromatic rings. The molecule has 0 aliphatic carbocycles. The maximum Gasteiger partial charge on any atom is 0.0343 e. The fourth-order valence-corrected chi connectivity index (χ4v) is 2.42. The Morgan fingerprint density at radius 1 is 1.25 bits per heavy atom. The Morgan fingerprint density at radius 3 is 2.75 bits per heavy atom. The van der Waals surface area contributed by atoms with Crippen molar-refractivity contribution in [2.75, 3.05) is 0 Å². The van der Waals surface area contributed by atoms with E-state index in [1.54, 1.807) is 22.7 Å². The number of rotatable bonds is 2. The van der Waals surface area contributed by atoms with Crippen LogP contribution in [0.1, 0.15) is 10.4 Å². The van der Waals surface area contributed by atoms with Crippen molar-refractivity contribution in [3.05, 3.63) is 51.4 Å². The standard InChI is InChI=1S/C10H8S2/c1-8(9-4-6-11-7-9)10-3-2-5-12-10/h2-7H,1H2. The van der Waals surface area contributed by atoms with Gasteiger partial charge < -0.3 is 0 Å². The Hall–Kier alpha value is -0.860. The second-order valence-electron chi connectivity index (χ2n) is 2.47. The molecule has 0 unspecified atom stereocenters. The Morgan fingerprint density at radius 2 is 2.17 bits per heavy atom. The van der Waals surface area contributed by atoms with Crippen molar-refractivity contribution in [1.82, 2.24) is 0 Å². The molecule has 2 rings (SSSR count). The lowest BCUT2D eigenvalue weighted by Crippen LogP contribution is -1.75. The predicted octanol–water partition coefficient (Wildman–Crippen LogP) is 3.87. The first-order chi connectivity index (χ1) is 5.88. The van der Waals surface area contributed by atoms with Gasteiger partial charge in [-0.2, -0.15) is 11.3 Å². The van der Waals surface area contributed by atoms with Crippen molar-refractivity contribution < 1.29 is 0 Å². The molecule has 2 heteroatoms. The van der Waals surface area contributed by atoms with Crippen LogP contribution in [-0.2, 0) is 0 Å². The van der Waals surface area contributed by atoms with Gasteiger partial charge in [-0.3, -0.25) is 0 Å². The first-order valence-corrected chi connectivity index (χ1v) is 5.45. The van der Waals surface area contributed by atoms with Crippen LogP contribution in [0.5, 0.6) is 0 Å². The van der Waals surface area contributed by atoms with Crippen molar-refractivity contribution in [2.45, 2.75) is 0 Å².